The van der Waals surface area contributed by atoms with E-state index in [2.05, 4.69) is 19.1 Å². The number of halogens is 3. The van der Waals surface area contributed by atoms with Crippen molar-refractivity contribution in [2.75, 3.05) is 31.5 Å². The third kappa shape index (κ3) is 6.71. The maximum Gasteiger partial charge on any atom is 0.128 e. The molecule has 1 N–H and O–H groups in total. The van der Waals surface area contributed by atoms with E-state index in [-0.39, 0.29) is 12.4 Å². The van der Waals surface area contributed by atoms with Crippen LogP contribution in [0.3, 0.4) is 0 Å². The first-order chi connectivity index (χ1) is 8.71. The third-order valence-electron chi connectivity index (χ3n) is 2.85. The van der Waals surface area contributed by atoms with Crippen LogP contribution in [0.25, 0.3) is 0 Å². The number of benzene rings is 1. The molecule has 0 aliphatic rings. The summed E-state index contributed by atoms with van der Waals surface area (Å²) in [6.45, 7) is 7.56. The Labute approximate surface area is 132 Å². The summed E-state index contributed by atoms with van der Waals surface area (Å²) in [5.41, 5.74) is 2.49. The SMILES string of the molecule is CCOc1ccc(C)cc1C[NH+](CCCl)CCCl.[Cl-]. The van der Waals surface area contributed by atoms with Crippen LogP contribution < -0.4 is 22.0 Å². The van der Waals surface area contributed by atoms with Crippen molar-refractivity contribution in [1.82, 2.24) is 0 Å². The topological polar surface area (TPSA) is 13.7 Å². The number of ether oxygens (including phenoxy) is 1. The Hall–Kier alpha value is -0.150. The quantitative estimate of drug-likeness (QED) is 0.621. The predicted octanol–water partition coefficient (Wildman–Crippen LogP) is -0.740. The Morgan fingerprint density at radius 3 is 2.32 bits per heavy atom. The van der Waals surface area contributed by atoms with E-state index < -0.39 is 0 Å². The van der Waals surface area contributed by atoms with Crippen LogP contribution >= 0.6 is 23.2 Å². The van der Waals surface area contributed by atoms with Crippen LogP contribution in [0.1, 0.15) is 18.1 Å². The zero-order chi connectivity index (χ0) is 13.4. The zero-order valence-corrected chi connectivity index (χ0v) is 13.8. The lowest BCUT2D eigenvalue weighted by Gasteiger charge is -2.19. The van der Waals surface area contributed by atoms with Crippen molar-refractivity contribution in [3.05, 3.63) is 29.3 Å². The summed E-state index contributed by atoms with van der Waals surface area (Å²) < 4.78 is 5.67. The van der Waals surface area contributed by atoms with Gasteiger partial charge in [0.15, 0.2) is 0 Å². The number of nitrogens with one attached hydrogen (secondary N) is 1. The lowest BCUT2D eigenvalue weighted by Crippen LogP contribution is -3.11. The van der Waals surface area contributed by atoms with Crippen molar-refractivity contribution in [2.24, 2.45) is 0 Å². The number of alkyl halides is 2. The molecule has 0 radical (unpaired) electrons. The minimum atomic E-state index is 0. The molecule has 0 unspecified atom stereocenters. The van der Waals surface area contributed by atoms with E-state index >= 15 is 0 Å². The molecule has 2 nitrogen and oxygen atoms in total. The predicted molar refractivity (Wildman–Crippen MR) is 78.2 cm³/mol. The van der Waals surface area contributed by atoms with E-state index in [9.17, 15) is 0 Å². The van der Waals surface area contributed by atoms with Gasteiger partial charge in [0, 0.05) is 5.56 Å². The normalized spacial score (nSPS) is 10.4. The van der Waals surface area contributed by atoms with Crippen LogP contribution in [0, 0.1) is 6.92 Å². The van der Waals surface area contributed by atoms with Crippen molar-refractivity contribution >= 4 is 23.2 Å². The fraction of sp³-hybridized carbons (Fsp3) is 0.571. The van der Waals surface area contributed by atoms with Crippen molar-refractivity contribution < 1.29 is 22.0 Å². The Kier molecular flexibility index (Phi) is 10.5. The first kappa shape index (κ1) is 18.9. The van der Waals surface area contributed by atoms with Gasteiger partial charge in [-0.3, -0.25) is 0 Å². The number of quaternary nitrogens is 1. The van der Waals surface area contributed by atoms with Gasteiger partial charge in [0.1, 0.15) is 12.3 Å². The summed E-state index contributed by atoms with van der Waals surface area (Å²) in [5.74, 6) is 2.29. The number of aryl methyl sites for hydroxylation is 1. The molecule has 0 bridgehead atoms. The molecule has 5 heteroatoms. The maximum atomic E-state index is 5.84. The average molecular weight is 327 g/mol. The summed E-state index contributed by atoms with van der Waals surface area (Å²) in [7, 11) is 0. The molecule has 19 heavy (non-hydrogen) atoms. The molecule has 1 aromatic carbocycles. The summed E-state index contributed by atoms with van der Waals surface area (Å²) in [6, 6.07) is 6.32. The van der Waals surface area contributed by atoms with Gasteiger partial charge in [-0.05, 0) is 26.0 Å². The summed E-state index contributed by atoms with van der Waals surface area (Å²) in [4.78, 5) is 1.39. The zero-order valence-electron chi connectivity index (χ0n) is 11.5. The molecular weight excluding hydrogens is 305 g/mol. The second kappa shape index (κ2) is 10.6. The van der Waals surface area contributed by atoms with Crippen LogP contribution in [-0.4, -0.2) is 31.5 Å². The highest BCUT2D eigenvalue weighted by Gasteiger charge is 2.12. The first-order valence-corrected chi connectivity index (χ1v) is 7.46. The largest absolute Gasteiger partial charge is 1.00 e. The molecular formula is C14H22Cl3NO. The lowest BCUT2D eigenvalue weighted by molar-refractivity contribution is -0.909. The Morgan fingerprint density at radius 1 is 1.16 bits per heavy atom. The van der Waals surface area contributed by atoms with Gasteiger partial charge in [-0.1, -0.05) is 11.6 Å². The second-order valence-electron chi connectivity index (χ2n) is 4.35. The molecule has 0 aromatic heterocycles. The van der Waals surface area contributed by atoms with Crippen LogP contribution in [0.15, 0.2) is 18.2 Å². The van der Waals surface area contributed by atoms with Crippen molar-refractivity contribution in [3.8, 4) is 5.75 Å². The summed E-state index contributed by atoms with van der Waals surface area (Å²) in [6.07, 6.45) is 0. The molecule has 0 aliphatic heterocycles. The van der Waals surface area contributed by atoms with Crippen LogP contribution in [0.4, 0.5) is 0 Å². The smallest absolute Gasteiger partial charge is 0.128 e. The molecule has 0 aliphatic carbocycles. The highest BCUT2D eigenvalue weighted by molar-refractivity contribution is 6.18. The number of rotatable bonds is 8. The maximum absolute atomic E-state index is 5.84. The highest BCUT2D eigenvalue weighted by atomic mass is 35.5. The van der Waals surface area contributed by atoms with Gasteiger partial charge < -0.3 is 22.0 Å². The van der Waals surface area contributed by atoms with Gasteiger partial charge in [-0.25, -0.2) is 0 Å². The third-order valence-corrected chi connectivity index (χ3v) is 3.23. The Bertz CT molecular complexity index is 355. The number of hydrogen-bond acceptors (Lipinski definition) is 1. The molecule has 0 fully saturated rings. The molecule has 1 aromatic rings. The molecule has 0 amide bonds. The van der Waals surface area contributed by atoms with Gasteiger partial charge in [0.05, 0.1) is 31.5 Å². The van der Waals surface area contributed by atoms with Gasteiger partial charge in [0.25, 0.3) is 0 Å². The fourth-order valence-corrected chi connectivity index (χ4v) is 2.52. The molecule has 1 rings (SSSR count). The van der Waals surface area contributed by atoms with Crippen molar-refractivity contribution in [3.63, 3.8) is 0 Å². The summed E-state index contributed by atoms with van der Waals surface area (Å²) in [5, 5.41) is 0. The Morgan fingerprint density at radius 2 is 1.79 bits per heavy atom. The molecule has 0 spiro atoms. The van der Waals surface area contributed by atoms with E-state index in [0.29, 0.717) is 18.4 Å². The summed E-state index contributed by atoms with van der Waals surface area (Å²) >= 11 is 11.7. The van der Waals surface area contributed by atoms with Crippen LogP contribution in [0.5, 0.6) is 5.75 Å². The van der Waals surface area contributed by atoms with E-state index in [1.807, 2.05) is 13.0 Å². The van der Waals surface area contributed by atoms with Gasteiger partial charge >= 0.3 is 0 Å². The van der Waals surface area contributed by atoms with E-state index in [4.69, 9.17) is 27.9 Å². The molecule has 0 heterocycles. The Balaban J connectivity index is 0.00000324. The molecule has 0 saturated heterocycles. The van der Waals surface area contributed by atoms with Gasteiger partial charge in [-0.2, -0.15) is 0 Å². The number of hydrogen-bond donors (Lipinski definition) is 1. The minimum Gasteiger partial charge on any atom is -1.00 e. The van der Waals surface area contributed by atoms with Crippen molar-refractivity contribution in [2.45, 2.75) is 20.4 Å². The second-order valence-corrected chi connectivity index (χ2v) is 5.10. The van der Waals surface area contributed by atoms with E-state index in [0.717, 1.165) is 25.4 Å². The van der Waals surface area contributed by atoms with Crippen molar-refractivity contribution in [1.29, 1.82) is 0 Å². The van der Waals surface area contributed by atoms with E-state index in [1.54, 1.807) is 0 Å². The van der Waals surface area contributed by atoms with Crippen LogP contribution in [-0.2, 0) is 6.54 Å². The highest BCUT2D eigenvalue weighted by Crippen LogP contribution is 2.19. The minimum absolute atomic E-state index is 0. The van der Waals surface area contributed by atoms with Crippen LogP contribution in [0.2, 0.25) is 0 Å². The lowest BCUT2D eigenvalue weighted by atomic mass is 10.1. The standard InChI is InChI=1S/C14H21Cl2NO.ClH/c1-3-18-14-5-4-12(2)10-13(14)11-17(8-6-15)9-7-16;/h4-5,10H,3,6-9,11H2,1-2H3;1H. The first-order valence-electron chi connectivity index (χ1n) is 6.39. The average Bonchev–Trinajstić information content (AvgIpc) is 2.33. The van der Waals surface area contributed by atoms with E-state index in [1.165, 1.54) is 16.0 Å². The van der Waals surface area contributed by atoms with Gasteiger partial charge in [-0.15, -0.1) is 23.2 Å². The molecule has 0 atom stereocenters. The monoisotopic (exact) mass is 325 g/mol. The molecule has 110 valence electrons. The molecule has 0 saturated carbocycles. The fourth-order valence-electron chi connectivity index (χ4n) is 1.98. The van der Waals surface area contributed by atoms with Gasteiger partial charge in [0.2, 0.25) is 0 Å².